The van der Waals surface area contributed by atoms with Crippen molar-refractivity contribution in [2.24, 2.45) is 10.2 Å². The molecule has 0 heterocycles. The molecule has 0 aliphatic rings. The number of rotatable bonds is 5. The smallest absolute Gasteiger partial charge is 0.337 e. The van der Waals surface area contributed by atoms with Crippen LogP contribution in [0.25, 0.3) is 0 Å². The van der Waals surface area contributed by atoms with Crippen molar-refractivity contribution in [1.82, 2.24) is 0 Å². The van der Waals surface area contributed by atoms with E-state index in [2.05, 4.69) is 10.2 Å². The van der Waals surface area contributed by atoms with Crippen molar-refractivity contribution < 1.29 is 14.7 Å². The summed E-state index contributed by atoms with van der Waals surface area (Å²) in [7, 11) is 0. The number of carbonyl (C=O) groups is 2. The molecular formula is C17H13N3O3. The predicted octanol–water partition coefficient (Wildman–Crippen LogP) is 3.55. The molecule has 1 N–H and O–H groups in total. The van der Waals surface area contributed by atoms with Crippen molar-refractivity contribution in [1.29, 1.82) is 5.26 Å². The van der Waals surface area contributed by atoms with Crippen LogP contribution >= 0.6 is 0 Å². The Hall–Kier alpha value is -3.33. The highest BCUT2D eigenvalue weighted by molar-refractivity contribution is 6.02. The molecule has 0 spiro atoms. The van der Waals surface area contributed by atoms with Gasteiger partial charge < -0.3 is 5.11 Å². The van der Waals surface area contributed by atoms with Crippen molar-refractivity contribution in [3.63, 3.8) is 0 Å². The fourth-order valence-corrected chi connectivity index (χ4v) is 1.87. The highest BCUT2D eigenvalue weighted by atomic mass is 16.4. The Labute approximate surface area is 132 Å². The van der Waals surface area contributed by atoms with Gasteiger partial charge in [-0.1, -0.05) is 42.0 Å². The summed E-state index contributed by atoms with van der Waals surface area (Å²) in [4.78, 5) is 23.3. The molecule has 0 fully saturated rings. The molecule has 0 aliphatic heterocycles. The summed E-state index contributed by atoms with van der Waals surface area (Å²) in [5.41, 5.74) is 1.40. The Kier molecular flexibility index (Phi) is 4.95. The molecule has 2 rings (SSSR count). The molecule has 1 atom stereocenters. The molecule has 1 unspecified atom stereocenters. The van der Waals surface area contributed by atoms with Gasteiger partial charge in [-0.3, -0.25) is 4.79 Å². The van der Waals surface area contributed by atoms with E-state index in [-0.39, 0.29) is 11.3 Å². The van der Waals surface area contributed by atoms with Gasteiger partial charge in [-0.15, -0.1) is 0 Å². The van der Waals surface area contributed by atoms with E-state index < -0.39 is 17.8 Å². The molecule has 2 aromatic rings. The van der Waals surface area contributed by atoms with Gasteiger partial charge in [0.05, 0.1) is 17.3 Å². The van der Waals surface area contributed by atoms with Crippen molar-refractivity contribution in [2.45, 2.75) is 13.0 Å². The topological polar surface area (TPSA) is 103 Å². The van der Waals surface area contributed by atoms with Gasteiger partial charge in [0.15, 0.2) is 0 Å². The summed E-state index contributed by atoms with van der Waals surface area (Å²) < 4.78 is 0. The van der Waals surface area contributed by atoms with Gasteiger partial charge in [-0.2, -0.15) is 15.5 Å². The van der Waals surface area contributed by atoms with Crippen LogP contribution in [0.15, 0.2) is 58.8 Å². The van der Waals surface area contributed by atoms with Gasteiger partial charge in [-0.25, -0.2) is 4.79 Å². The van der Waals surface area contributed by atoms with Crippen molar-refractivity contribution in [3.8, 4) is 6.07 Å². The van der Waals surface area contributed by atoms with E-state index in [4.69, 9.17) is 10.4 Å². The number of ketones is 1. The first-order valence-corrected chi connectivity index (χ1v) is 6.76. The SMILES string of the molecule is Cc1ccc(C(=O)C(C#N)N=Nc2ccccc2C(=O)O)cc1. The van der Waals surface area contributed by atoms with E-state index in [1.807, 2.05) is 6.92 Å². The zero-order valence-electron chi connectivity index (χ0n) is 12.3. The lowest BCUT2D eigenvalue weighted by Gasteiger charge is -2.03. The summed E-state index contributed by atoms with van der Waals surface area (Å²) in [5, 5.41) is 25.7. The highest BCUT2D eigenvalue weighted by Crippen LogP contribution is 2.20. The molecule has 6 heteroatoms. The average molecular weight is 307 g/mol. The van der Waals surface area contributed by atoms with Crippen LogP contribution in [0.5, 0.6) is 0 Å². The lowest BCUT2D eigenvalue weighted by molar-refractivity contribution is 0.0697. The molecular weight excluding hydrogens is 294 g/mol. The fraction of sp³-hybridized carbons (Fsp3) is 0.118. The van der Waals surface area contributed by atoms with E-state index in [9.17, 15) is 9.59 Å². The Morgan fingerprint density at radius 2 is 1.78 bits per heavy atom. The number of nitrogens with zero attached hydrogens (tertiary/aromatic N) is 3. The molecule has 0 radical (unpaired) electrons. The normalized spacial score (nSPS) is 11.8. The average Bonchev–Trinajstić information content (AvgIpc) is 2.56. The molecule has 0 bridgehead atoms. The fourth-order valence-electron chi connectivity index (χ4n) is 1.87. The van der Waals surface area contributed by atoms with Crippen LogP contribution in [0.2, 0.25) is 0 Å². The monoisotopic (exact) mass is 307 g/mol. The second-order valence-electron chi connectivity index (χ2n) is 4.80. The summed E-state index contributed by atoms with van der Waals surface area (Å²) in [6.07, 6.45) is 0. The highest BCUT2D eigenvalue weighted by Gasteiger charge is 2.19. The summed E-state index contributed by atoms with van der Waals surface area (Å²) in [6.45, 7) is 1.89. The third-order valence-electron chi connectivity index (χ3n) is 3.12. The van der Waals surface area contributed by atoms with E-state index in [0.29, 0.717) is 5.56 Å². The van der Waals surface area contributed by atoms with Crippen LogP contribution < -0.4 is 0 Å². The molecule has 0 saturated carbocycles. The van der Waals surface area contributed by atoms with Gasteiger partial charge in [-0.05, 0) is 19.1 Å². The zero-order valence-corrected chi connectivity index (χ0v) is 12.3. The lowest BCUT2D eigenvalue weighted by Crippen LogP contribution is -2.16. The number of carbonyl (C=O) groups excluding carboxylic acids is 1. The maximum absolute atomic E-state index is 12.2. The van der Waals surface area contributed by atoms with Crippen molar-refractivity contribution >= 4 is 17.4 Å². The maximum Gasteiger partial charge on any atom is 0.337 e. The first-order chi connectivity index (χ1) is 11.0. The molecule has 114 valence electrons. The van der Waals surface area contributed by atoms with E-state index in [1.54, 1.807) is 42.5 Å². The zero-order chi connectivity index (χ0) is 16.8. The Morgan fingerprint density at radius 1 is 1.13 bits per heavy atom. The minimum absolute atomic E-state index is 0.0456. The molecule has 0 saturated heterocycles. The van der Waals surface area contributed by atoms with Crippen LogP contribution in [-0.2, 0) is 0 Å². The number of aromatic carboxylic acids is 1. The first-order valence-electron chi connectivity index (χ1n) is 6.76. The minimum Gasteiger partial charge on any atom is -0.478 e. The minimum atomic E-state index is -1.32. The maximum atomic E-state index is 12.2. The molecule has 2 aromatic carbocycles. The largest absolute Gasteiger partial charge is 0.478 e. The van der Waals surface area contributed by atoms with Crippen LogP contribution in [-0.4, -0.2) is 22.9 Å². The molecule has 0 aliphatic carbocycles. The molecule has 0 aromatic heterocycles. The predicted molar refractivity (Wildman–Crippen MR) is 82.8 cm³/mol. The van der Waals surface area contributed by atoms with Crippen LogP contribution in [0, 0.1) is 18.3 Å². The summed E-state index contributed by atoms with van der Waals surface area (Å²) >= 11 is 0. The van der Waals surface area contributed by atoms with E-state index in [1.165, 1.54) is 12.1 Å². The molecule has 6 nitrogen and oxygen atoms in total. The summed E-state index contributed by atoms with van der Waals surface area (Å²) in [5.74, 6) is -1.64. The van der Waals surface area contributed by atoms with E-state index in [0.717, 1.165) is 5.56 Å². The Morgan fingerprint density at radius 3 is 2.39 bits per heavy atom. The Balaban J connectivity index is 2.26. The number of benzene rings is 2. The standard InChI is InChI=1S/C17H13N3O3/c1-11-6-8-12(9-7-11)16(21)15(10-18)20-19-14-5-3-2-4-13(14)17(22)23/h2-9,15H,1H3,(H,22,23). The molecule has 0 amide bonds. The van der Waals surface area contributed by atoms with Gasteiger partial charge in [0.2, 0.25) is 11.8 Å². The molecule has 23 heavy (non-hydrogen) atoms. The van der Waals surface area contributed by atoms with Crippen molar-refractivity contribution in [3.05, 3.63) is 65.2 Å². The second-order valence-corrected chi connectivity index (χ2v) is 4.80. The first kappa shape index (κ1) is 16.0. The Bertz CT molecular complexity index is 805. The van der Waals surface area contributed by atoms with Crippen LogP contribution in [0.4, 0.5) is 5.69 Å². The van der Waals surface area contributed by atoms with Gasteiger partial charge in [0.25, 0.3) is 0 Å². The number of hydrogen-bond donors (Lipinski definition) is 1. The van der Waals surface area contributed by atoms with E-state index >= 15 is 0 Å². The quantitative estimate of drug-likeness (QED) is 0.673. The van der Waals surface area contributed by atoms with Crippen molar-refractivity contribution in [2.75, 3.05) is 0 Å². The van der Waals surface area contributed by atoms with Crippen LogP contribution in [0.3, 0.4) is 0 Å². The third-order valence-corrected chi connectivity index (χ3v) is 3.12. The number of aryl methyl sites for hydroxylation is 1. The number of carboxylic acid groups (broad SMARTS) is 1. The number of hydrogen-bond acceptors (Lipinski definition) is 5. The second kappa shape index (κ2) is 7.09. The van der Waals surface area contributed by atoms with Crippen LogP contribution in [0.1, 0.15) is 26.3 Å². The van der Waals surface area contributed by atoms with Gasteiger partial charge in [0, 0.05) is 5.56 Å². The number of azo groups is 1. The number of carboxylic acids is 1. The van der Waals surface area contributed by atoms with Gasteiger partial charge >= 0.3 is 5.97 Å². The lowest BCUT2D eigenvalue weighted by atomic mass is 10.0. The third kappa shape index (κ3) is 3.86. The number of Topliss-reactive ketones (excluding diaryl/α,β-unsaturated/α-hetero) is 1. The summed E-state index contributed by atoms with van der Waals surface area (Å²) in [6, 6.07) is 13.2. The van der Waals surface area contributed by atoms with Gasteiger partial charge in [0.1, 0.15) is 0 Å². The number of nitriles is 1.